The van der Waals surface area contributed by atoms with Gasteiger partial charge in [0.2, 0.25) is 16.1 Å². The molecule has 1 aromatic carbocycles. The van der Waals surface area contributed by atoms with Crippen molar-refractivity contribution in [1.82, 2.24) is 4.31 Å². The van der Waals surface area contributed by atoms with Crippen LogP contribution >= 0.6 is 0 Å². The molecule has 0 saturated carbocycles. The van der Waals surface area contributed by atoms with Crippen LogP contribution < -0.4 is 0 Å². The van der Waals surface area contributed by atoms with Crippen LogP contribution in [0, 0.1) is 11.3 Å². The molecule has 0 aromatic heterocycles. The summed E-state index contributed by atoms with van der Waals surface area (Å²) in [7, 11) is -3.64. The van der Waals surface area contributed by atoms with Crippen molar-refractivity contribution in [3.05, 3.63) is 29.8 Å². The van der Waals surface area contributed by atoms with Gasteiger partial charge in [0.25, 0.3) is 0 Å². The Morgan fingerprint density at radius 1 is 1.43 bits per heavy atom. The van der Waals surface area contributed by atoms with Gasteiger partial charge < -0.3 is 0 Å². The minimum atomic E-state index is -3.64. The van der Waals surface area contributed by atoms with E-state index < -0.39 is 10.0 Å². The maximum absolute atomic E-state index is 12.6. The van der Waals surface area contributed by atoms with Crippen LogP contribution in [-0.2, 0) is 14.8 Å². The van der Waals surface area contributed by atoms with E-state index in [1.807, 2.05) is 6.07 Å². The predicted octanol–water partition coefficient (Wildman–Crippen LogP) is 1.44. The van der Waals surface area contributed by atoms with Gasteiger partial charge in [-0.15, -0.1) is 0 Å². The minimum Gasteiger partial charge on any atom is -0.211 e. The van der Waals surface area contributed by atoms with Crippen LogP contribution in [0.5, 0.6) is 0 Å². The lowest BCUT2D eigenvalue weighted by Crippen LogP contribution is -2.45. The van der Waals surface area contributed by atoms with Crippen molar-refractivity contribution in [3.63, 3.8) is 0 Å². The standard InChI is InChI=1S/C14H15N3O3S/c1-11-7-13(16-10-18)5-6-17(11)21(19,20)14-4-2-3-12(8-14)9-15/h2-4,8,11,13H,5-7H2,1H3. The van der Waals surface area contributed by atoms with Gasteiger partial charge in [0.1, 0.15) is 0 Å². The molecule has 6 nitrogen and oxygen atoms in total. The number of hydrogen-bond donors (Lipinski definition) is 0. The van der Waals surface area contributed by atoms with Crippen molar-refractivity contribution in [2.24, 2.45) is 4.99 Å². The summed E-state index contributed by atoms with van der Waals surface area (Å²) in [5, 5.41) is 8.88. The first-order valence-electron chi connectivity index (χ1n) is 6.58. The summed E-state index contributed by atoms with van der Waals surface area (Å²) in [6.45, 7) is 2.09. The molecule has 0 amide bonds. The van der Waals surface area contributed by atoms with E-state index in [1.165, 1.54) is 22.5 Å². The van der Waals surface area contributed by atoms with E-state index in [0.717, 1.165) is 0 Å². The fourth-order valence-corrected chi connectivity index (χ4v) is 4.24. The zero-order chi connectivity index (χ0) is 15.5. The zero-order valence-electron chi connectivity index (χ0n) is 11.6. The van der Waals surface area contributed by atoms with E-state index in [1.54, 1.807) is 19.1 Å². The van der Waals surface area contributed by atoms with Crippen molar-refractivity contribution in [3.8, 4) is 6.07 Å². The number of isocyanates is 1. The van der Waals surface area contributed by atoms with Gasteiger partial charge in [-0.05, 0) is 38.0 Å². The highest BCUT2D eigenvalue weighted by molar-refractivity contribution is 7.89. The number of benzene rings is 1. The first-order chi connectivity index (χ1) is 9.98. The summed E-state index contributed by atoms with van der Waals surface area (Å²) in [6, 6.07) is 7.49. The lowest BCUT2D eigenvalue weighted by Gasteiger charge is -2.34. The molecule has 7 heteroatoms. The maximum Gasteiger partial charge on any atom is 0.243 e. The quantitative estimate of drug-likeness (QED) is 0.624. The van der Waals surface area contributed by atoms with Crippen LogP contribution in [0.3, 0.4) is 0 Å². The Morgan fingerprint density at radius 2 is 2.19 bits per heavy atom. The van der Waals surface area contributed by atoms with Crippen LogP contribution in [0.2, 0.25) is 0 Å². The highest BCUT2D eigenvalue weighted by atomic mass is 32.2. The lowest BCUT2D eigenvalue weighted by atomic mass is 10.0. The van der Waals surface area contributed by atoms with E-state index in [0.29, 0.717) is 24.9 Å². The fraction of sp³-hybridized carbons (Fsp3) is 0.429. The summed E-state index contributed by atoms with van der Waals surface area (Å²) in [5.74, 6) is 0. The van der Waals surface area contributed by atoms with E-state index in [9.17, 15) is 13.2 Å². The Morgan fingerprint density at radius 3 is 2.81 bits per heavy atom. The SMILES string of the molecule is CC1CC(N=C=O)CCN1S(=O)(=O)c1cccc(C#N)c1. The van der Waals surface area contributed by atoms with Crippen LogP contribution in [0.1, 0.15) is 25.3 Å². The van der Waals surface area contributed by atoms with Gasteiger partial charge in [0.05, 0.1) is 22.6 Å². The molecule has 110 valence electrons. The molecule has 0 aliphatic carbocycles. The second-order valence-electron chi connectivity index (χ2n) is 5.00. The number of nitriles is 1. The molecule has 1 saturated heterocycles. The second-order valence-corrected chi connectivity index (χ2v) is 6.89. The third-order valence-corrected chi connectivity index (χ3v) is 5.60. The molecule has 2 atom stereocenters. The molecule has 1 fully saturated rings. The Hall–Kier alpha value is -2.00. The van der Waals surface area contributed by atoms with E-state index >= 15 is 0 Å². The number of carbonyl (C=O) groups excluding carboxylic acids is 1. The molecule has 0 N–H and O–H groups in total. The molecule has 21 heavy (non-hydrogen) atoms. The van der Waals surface area contributed by atoms with E-state index in [2.05, 4.69) is 4.99 Å². The van der Waals surface area contributed by atoms with Gasteiger partial charge in [0, 0.05) is 12.6 Å². The minimum absolute atomic E-state index is 0.116. The molecule has 1 heterocycles. The molecular weight excluding hydrogens is 290 g/mol. The maximum atomic E-state index is 12.6. The van der Waals surface area contributed by atoms with Gasteiger partial charge in [-0.25, -0.2) is 18.2 Å². The van der Waals surface area contributed by atoms with Crippen molar-refractivity contribution in [2.45, 2.75) is 36.7 Å². The molecule has 2 rings (SSSR count). The van der Waals surface area contributed by atoms with Crippen molar-refractivity contribution in [2.75, 3.05) is 6.54 Å². The van der Waals surface area contributed by atoms with Gasteiger partial charge >= 0.3 is 0 Å². The fourth-order valence-electron chi connectivity index (χ4n) is 2.54. The summed E-state index contributed by atoms with van der Waals surface area (Å²) in [4.78, 5) is 14.1. The molecule has 2 unspecified atom stereocenters. The molecule has 0 radical (unpaired) electrons. The van der Waals surface area contributed by atoms with Crippen molar-refractivity contribution < 1.29 is 13.2 Å². The van der Waals surface area contributed by atoms with Gasteiger partial charge in [-0.1, -0.05) is 6.07 Å². The van der Waals surface area contributed by atoms with Crippen molar-refractivity contribution in [1.29, 1.82) is 5.26 Å². The summed E-state index contributed by atoms with van der Waals surface area (Å²) in [5.41, 5.74) is 0.309. The Labute approximate surface area is 123 Å². The van der Waals surface area contributed by atoms with Crippen LogP contribution in [-0.4, -0.2) is 37.4 Å². The average Bonchev–Trinajstić information content (AvgIpc) is 2.47. The molecule has 1 aliphatic heterocycles. The Balaban J connectivity index is 2.28. The molecule has 1 aromatic rings. The van der Waals surface area contributed by atoms with Gasteiger partial charge in [-0.3, -0.25) is 0 Å². The number of hydrogen-bond acceptors (Lipinski definition) is 5. The smallest absolute Gasteiger partial charge is 0.211 e. The third-order valence-electron chi connectivity index (χ3n) is 3.59. The first-order valence-corrected chi connectivity index (χ1v) is 8.02. The topological polar surface area (TPSA) is 90.6 Å². The van der Waals surface area contributed by atoms with Gasteiger partial charge in [-0.2, -0.15) is 9.57 Å². The molecule has 0 bridgehead atoms. The zero-order valence-corrected chi connectivity index (χ0v) is 12.4. The largest absolute Gasteiger partial charge is 0.243 e. The van der Waals surface area contributed by atoms with Crippen LogP contribution in [0.25, 0.3) is 0 Å². The van der Waals surface area contributed by atoms with Crippen LogP contribution in [0.15, 0.2) is 34.2 Å². The highest BCUT2D eigenvalue weighted by Gasteiger charge is 2.34. The molecule has 0 spiro atoms. The van der Waals surface area contributed by atoms with Crippen LogP contribution in [0.4, 0.5) is 0 Å². The first kappa shape index (κ1) is 15.4. The molecule has 1 aliphatic rings. The Bertz CT molecular complexity index is 717. The number of piperidine rings is 1. The number of rotatable bonds is 3. The summed E-state index contributed by atoms with van der Waals surface area (Å²) < 4.78 is 26.7. The van der Waals surface area contributed by atoms with E-state index in [4.69, 9.17) is 5.26 Å². The van der Waals surface area contributed by atoms with Crippen molar-refractivity contribution >= 4 is 16.1 Å². The second kappa shape index (κ2) is 6.19. The van der Waals surface area contributed by atoms with Gasteiger partial charge in [0.15, 0.2) is 0 Å². The summed E-state index contributed by atoms with van der Waals surface area (Å²) in [6.07, 6.45) is 2.52. The predicted molar refractivity (Wildman–Crippen MR) is 75.7 cm³/mol. The highest BCUT2D eigenvalue weighted by Crippen LogP contribution is 2.26. The number of sulfonamides is 1. The van der Waals surface area contributed by atoms with E-state index in [-0.39, 0.29) is 17.0 Å². The normalized spacial score (nSPS) is 23.0. The number of aliphatic imine (C=N–C) groups is 1. The third kappa shape index (κ3) is 3.19. The summed E-state index contributed by atoms with van der Waals surface area (Å²) >= 11 is 0. The monoisotopic (exact) mass is 305 g/mol. The number of nitrogens with zero attached hydrogens (tertiary/aromatic N) is 3. The Kier molecular flexibility index (Phi) is 4.53. The lowest BCUT2D eigenvalue weighted by molar-refractivity contribution is 0.248. The average molecular weight is 305 g/mol. The molecular formula is C14H15N3O3S.